The van der Waals surface area contributed by atoms with Gasteiger partial charge in [-0.05, 0) is 38.2 Å². The summed E-state index contributed by atoms with van der Waals surface area (Å²) in [6.07, 6.45) is 2.45. The van der Waals surface area contributed by atoms with Gasteiger partial charge in [0.05, 0.1) is 17.7 Å². The molecule has 1 aliphatic heterocycles. The largest absolute Gasteiger partial charge is 0.481 e. The summed E-state index contributed by atoms with van der Waals surface area (Å²) in [5, 5.41) is 13.8. The first-order chi connectivity index (χ1) is 10.9. The van der Waals surface area contributed by atoms with Crippen LogP contribution in [0.1, 0.15) is 62.3 Å². The van der Waals surface area contributed by atoms with Gasteiger partial charge in [-0.3, -0.25) is 14.3 Å². The van der Waals surface area contributed by atoms with Gasteiger partial charge in [0.2, 0.25) is 0 Å². The molecule has 0 spiro atoms. The molecular formula is C17H27N3O3. The van der Waals surface area contributed by atoms with Gasteiger partial charge in [0, 0.05) is 13.1 Å². The SMILES string of the molecule is CCC(CC)n1nc(C)cc1C(=O)N1CC(C)CC(C(=O)O)C1. The summed E-state index contributed by atoms with van der Waals surface area (Å²) < 4.78 is 1.83. The number of hydrogen-bond donors (Lipinski definition) is 1. The van der Waals surface area contributed by atoms with E-state index in [9.17, 15) is 14.7 Å². The number of aryl methyl sites for hydroxylation is 1. The summed E-state index contributed by atoms with van der Waals surface area (Å²) in [6, 6.07) is 2.01. The molecule has 2 unspecified atom stereocenters. The Morgan fingerprint density at radius 3 is 2.57 bits per heavy atom. The highest BCUT2D eigenvalue weighted by Crippen LogP contribution is 2.25. The van der Waals surface area contributed by atoms with Gasteiger partial charge in [-0.15, -0.1) is 0 Å². The van der Waals surface area contributed by atoms with Gasteiger partial charge in [0.15, 0.2) is 0 Å². The monoisotopic (exact) mass is 321 g/mol. The first-order valence-electron chi connectivity index (χ1n) is 8.45. The lowest BCUT2D eigenvalue weighted by Crippen LogP contribution is -2.46. The Bertz CT molecular complexity index is 578. The van der Waals surface area contributed by atoms with Gasteiger partial charge >= 0.3 is 5.97 Å². The summed E-state index contributed by atoms with van der Waals surface area (Å²) in [4.78, 5) is 26.0. The lowest BCUT2D eigenvalue weighted by Gasteiger charge is -2.35. The van der Waals surface area contributed by atoms with Crippen molar-refractivity contribution in [2.75, 3.05) is 13.1 Å². The van der Waals surface area contributed by atoms with Gasteiger partial charge < -0.3 is 10.0 Å². The van der Waals surface area contributed by atoms with Crippen molar-refractivity contribution in [3.05, 3.63) is 17.5 Å². The van der Waals surface area contributed by atoms with Crippen LogP contribution in [0, 0.1) is 18.8 Å². The van der Waals surface area contributed by atoms with Gasteiger partial charge in [-0.2, -0.15) is 5.10 Å². The molecule has 1 fully saturated rings. The standard InChI is InChI=1S/C17H27N3O3/c1-5-14(6-2)20-15(8-12(4)18-20)16(21)19-9-11(3)7-13(10-19)17(22)23/h8,11,13-14H,5-7,9-10H2,1-4H3,(H,22,23). The van der Waals surface area contributed by atoms with Crippen molar-refractivity contribution >= 4 is 11.9 Å². The van der Waals surface area contributed by atoms with E-state index in [0.29, 0.717) is 18.7 Å². The number of carbonyl (C=O) groups is 2. The predicted molar refractivity (Wildman–Crippen MR) is 87.4 cm³/mol. The Morgan fingerprint density at radius 1 is 1.35 bits per heavy atom. The van der Waals surface area contributed by atoms with Gasteiger partial charge in [0.1, 0.15) is 5.69 Å². The molecule has 0 radical (unpaired) electrons. The number of hydrogen-bond acceptors (Lipinski definition) is 3. The second-order valence-electron chi connectivity index (χ2n) is 6.67. The maximum Gasteiger partial charge on any atom is 0.308 e. The number of likely N-dealkylation sites (tertiary alicyclic amines) is 1. The van der Waals surface area contributed by atoms with Gasteiger partial charge in [0.25, 0.3) is 5.91 Å². The number of carboxylic acids is 1. The van der Waals surface area contributed by atoms with E-state index >= 15 is 0 Å². The maximum atomic E-state index is 13.0. The number of aromatic nitrogens is 2. The minimum absolute atomic E-state index is 0.102. The zero-order valence-corrected chi connectivity index (χ0v) is 14.5. The Hall–Kier alpha value is -1.85. The number of rotatable bonds is 5. The van der Waals surface area contributed by atoms with Crippen LogP contribution in [0.5, 0.6) is 0 Å². The average Bonchev–Trinajstić information content (AvgIpc) is 2.89. The third-order valence-electron chi connectivity index (χ3n) is 4.66. The quantitative estimate of drug-likeness (QED) is 0.905. The fraction of sp³-hybridized carbons (Fsp3) is 0.706. The lowest BCUT2D eigenvalue weighted by atomic mass is 9.90. The van der Waals surface area contributed by atoms with Crippen molar-refractivity contribution in [2.45, 2.75) is 53.0 Å². The van der Waals surface area contributed by atoms with E-state index in [4.69, 9.17) is 0 Å². The Kier molecular flexibility index (Phi) is 5.44. The summed E-state index contributed by atoms with van der Waals surface area (Å²) in [5.41, 5.74) is 1.40. The Morgan fingerprint density at radius 2 is 2.00 bits per heavy atom. The highest BCUT2D eigenvalue weighted by Gasteiger charge is 2.33. The van der Waals surface area contributed by atoms with Crippen LogP contribution in [0.15, 0.2) is 6.07 Å². The molecule has 6 nitrogen and oxygen atoms in total. The minimum Gasteiger partial charge on any atom is -0.481 e. The van der Waals surface area contributed by atoms with Crippen molar-refractivity contribution < 1.29 is 14.7 Å². The number of aliphatic carboxylic acids is 1. The van der Waals surface area contributed by atoms with Crippen molar-refractivity contribution in [1.82, 2.24) is 14.7 Å². The fourth-order valence-corrected chi connectivity index (χ4v) is 3.45. The molecule has 1 N–H and O–H groups in total. The summed E-state index contributed by atoms with van der Waals surface area (Å²) in [6.45, 7) is 8.94. The van der Waals surface area contributed by atoms with Crippen LogP contribution in [0.4, 0.5) is 0 Å². The molecule has 2 rings (SSSR count). The van der Waals surface area contributed by atoms with Gasteiger partial charge in [-0.1, -0.05) is 20.8 Å². The number of carbonyl (C=O) groups excluding carboxylic acids is 1. The molecule has 0 aromatic carbocycles. The molecule has 128 valence electrons. The zero-order valence-electron chi connectivity index (χ0n) is 14.5. The number of carboxylic acid groups (broad SMARTS) is 1. The average molecular weight is 321 g/mol. The zero-order chi connectivity index (χ0) is 17.1. The van der Waals surface area contributed by atoms with Crippen LogP contribution in [-0.4, -0.2) is 44.8 Å². The van der Waals surface area contributed by atoms with Crippen molar-refractivity contribution in [2.24, 2.45) is 11.8 Å². The molecule has 1 aliphatic rings. The predicted octanol–water partition coefficient (Wildman–Crippen LogP) is 2.74. The van der Waals surface area contributed by atoms with Crippen molar-refractivity contribution in [3.63, 3.8) is 0 Å². The molecule has 1 aromatic rings. The van der Waals surface area contributed by atoms with Gasteiger partial charge in [-0.25, -0.2) is 0 Å². The van der Waals surface area contributed by atoms with Crippen LogP contribution >= 0.6 is 0 Å². The summed E-state index contributed by atoms with van der Waals surface area (Å²) >= 11 is 0. The molecule has 0 saturated carbocycles. The highest BCUT2D eigenvalue weighted by atomic mass is 16.4. The van der Waals surface area contributed by atoms with E-state index < -0.39 is 11.9 Å². The molecule has 1 saturated heterocycles. The highest BCUT2D eigenvalue weighted by molar-refractivity contribution is 5.93. The van der Waals surface area contributed by atoms with Crippen LogP contribution in [0.25, 0.3) is 0 Å². The summed E-state index contributed by atoms with van der Waals surface area (Å²) in [5.74, 6) is -1.21. The van der Waals surface area contributed by atoms with E-state index in [0.717, 1.165) is 18.5 Å². The van der Waals surface area contributed by atoms with Crippen molar-refractivity contribution in [3.8, 4) is 0 Å². The second-order valence-corrected chi connectivity index (χ2v) is 6.67. The lowest BCUT2D eigenvalue weighted by molar-refractivity contribution is -0.143. The van der Waals surface area contributed by atoms with E-state index in [1.54, 1.807) is 4.90 Å². The second kappa shape index (κ2) is 7.15. The molecule has 0 bridgehead atoms. The van der Waals surface area contributed by atoms with Crippen LogP contribution in [-0.2, 0) is 4.79 Å². The van der Waals surface area contributed by atoms with E-state index in [-0.39, 0.29) is 24.4 Å². The van der Waals surface area contributed by atoms with Crippen molar-refractivity contribution in [1.29, 1.82) is 0 Å². The molecule has 1 amide bonds. The summed E-state index contributed by atoms with van der Waals surface area (Å²) in [7, 11) is 0. The molecule has 2 atom stereocenters. The van der Waals surface area contributed by atoms with E-state index in [1.807, 2.05) is 24.6 Å². The Balaban J connectivity index is 2.27. The molecule has 23 heavy (non-hydrogen) atoms. The molecule has 2 heterocycles. The molecule has 6 heteroatoms. The third kappa shape index (κ3) is 3.74. The van der Waals surface area contributed by atoms with Crippen LogP contribution in [0.2, 0.25) is 0 Å². The smallest absolute Gasteiger partial charge is 0.308 e. The maximum absolute atomic E-state index is 13.0. The minimum atomic E-state index is -0.820. The topological polar surface area (TPSA) is 75.4 Å². The number of nitrogens with zero attached hydrogens (tertiary/aromatic N) is 3. The van der Waals surface area contributed by atoms with E-state index in [2.05, 4.69) is 18.9 Å². The molecular weight excluding hydrogens is 294 g/mol. The molecule has 1 aromatic heterocycles. The number of amides is 1. The first kappa shape index (κ1) is 17.5. The third-order valence-corrected chi connectivity index (χ3v) is 4.66. The fourth-order valence-electron chi connectivity index (χ4n) is 3.45. The normalized spacial score (nSPS) is 21.7. The van der Waals surface area contributed by atoms with Crippen LogP contribution < -0.4 is 0 Å². The van der Waals surface area contributed by atoms with E-state index in [1.165, 1.54) is 0 Å². The number of piperidine rings is 1. The van der Waals surface area contributed by atoms with Crippen LogP contribution in [0.3, 0.4) is 0 Å². The Labute approximate surface area is 137 Å². The first-order valence-corrected chi connectivity index (χ1v) is 8.45. The molecule has 0 aliphatic carbocycles.